The third-order valence-electron chi connectivity index (χ3n) is 6.95. The summed E-state index contributed by atoms with van der Waals surface area (Å²) in [4.78, 5) is 25.2. The molecule has 38 heavy (non-hydrogen) atoms. The van der Waals surface area contributed by atoms with Crippen LogP contribution >= 0.6 is 11.6 Å². The summed E-state index contributed by atoms with van der Waals surface area (Å²) >= 11 is 5.93. The molecule has 2 aliphatic heterocycles. The van der Waals surface area contributed by atoms with Gasteiger partial charge in [-0.3, -0.25) is 4.90 Å². The quantitative estimate of drug-likeness (QED) is 0.412. The fourth-order valence-electron chi connectivity index (χ4n) is 4.84. The fourth-order valence-corrected chi connectivity index (χ4v) is 5.01. The number of benzene rings is 2. The van der Waals surface area contributed by atoms with E-state index in [-0.39, 0.29) is 22.9 Å². The molecule has 1 aromatic heterocycles. The van der Waals surface area contributed by atoms with E-state index in [2.05, 4.69) is 20.2 Å². The van der Waals surface area contributed by atoms with Crippen molar-refractivity contribution in [2.24, 2.45) is 0 Å². The maximum absolute atomic E-state index is 14.5. The van der Waals surface area contributed by atoms with E-state index in [1.807, 2.05) is 0 Å². The van der Waals surface area contributed by atoms with Gasteiger partial charge in [0, 0.05) is 43.9 Å². The standard InChI is InChI=1S/C27H31ClFN5O4/c1-36-23-16-22-19(26(31-17-30-22)32-21-6-4-5-20(28)25(21)29)15-24(23)38-18-7-11-34(12-8-18)27(35)37-14-13-33-9-2-3-10-33/h4-6,15-18H,2-3,7-14H2,1H3,(H,30,31,32). The molecule has 0 spiro atoms. The van der Waals surface area contributed by atoms with Gasteiger partial charge in [0.1, 0.15) is 24.9 Å². The Morgan fingerprint density at radius 3 is 2.68 bits per heavy atom. The van der Waals surface area contributed by atoms with E-state index in [1.165, 1.54) is 25.2 Å². The highest BCUT2D eigenvalue weighted by molar-refractivity contribution is 6.31. The van der Waals surface area contributed by atoms with Crippen LogP contribution in [0.1, 0.15) is 25.7 Å². The third kappa shape index (κ3) is 6.02. The van der Waals surface area contributed by atoms with Gasteiger partial charge in [0.05, 0.1) is 23.3 Å². The van der Waals surface area contributed by atoms with Crippen molar-refractivity contribution >= 4 is 40.1 Å². The maximum atomic E-state index is 14.5. The Balaban J connectivity index is 1.24. The molecule has 2 aromatic carbocycles. The molecule has 0 aliphatic carbocycles. The number of carbonyl (C=O) groups is 1. The van der Waals surface area contributed by atoms with Crippen LogP contribution < -0.4 is 14.8 Å². The second kappa shape index (κ2) is 12.0. The van der Waals surface area contributed by atoms with Gasteiger partial charge >= 0.3 is 6.09 Å². The molecule has 0 atom stereocenters. The molecule has 0 bridgehead atoms. The molecule has 3 aromatic rings. The number of anilines is 2. The monoisotopic (exact) mass is 543 g/mol. The van der Waals surface area contributed by atoms with Crippen molar-refractivity contribution in [3.63, 3.8) is 0 Å². The summed E-state index contributed by atoms with van der Waals surface area (Å²) in [5.74, 6) is 0.901. The molecular weight excluding hydrogens is 513 g/mol. The molecule has 2 fully saturated rings. The summed E-state index contributed by atoms with van der Waals surface area (Å²) in [6, 6.07) is 8.28. The Morgan fingerprint density at radius 1 is 1.13 bits per heavy atom. The molecule has 3 heterocycles. The first-order valence-corrected chi connectivity index (χ1v) is 13.2. The minimum absolute atomic E-state index is 0.0147. The number of likely N-dealkylation sites (tertiary alicyclic amines) is 2. The molecule has 1 amide bonds. The molecule has 0 saturated carbocycles. The molecule has 2 aliphatic rings. The zero-order valence-electron chi connectivity index (χ0n) is 21.3. The van der Waals surface area contributed by atoms with Crippen LogP contribution in [0, 0.1) is 5.82 Å². The number of nitrogens with zero attached hydrogens (tertiary/aromatic N) is 4. The predicted molar refractivity (Wildman–Crippen MR) is 143 cm³/mol. The zero-order valence-corrected chi connectivity index (χ0v) is 22.0. The maximum Gasteiger partial charge on any atom is 0.409 e. The lowest BCUT2D eigenvalue weighted by Gasteiger charge is -2.32. The number of hydrogen-bond acceptors (Lipinski definition) is 8. The number of amides is 1. The summed E-state index contributed by atoms with van der Waals surface area (Å²) in [5.41, 5.74) is 0.816. The summed E-state index contributed by atoms with van der Waals surface area (Å²) in [6.45, 7) is 4.47. The first kappa shape index (κ1) is 26.2. The number of fused-ring (bicyclic) bond motifs is 1. The van der Waals surface area contributed by atoms with Crippen LogP contribution in [0.4, 0.5) is 20.7 Å². The number of ether oxygens (including phenoxy) is 3. The molecule has 2 saturated heterocycles. The average molecular weight is 544 g/mol. The Hall–Kier alpha value is -3.37. The molecule has 1 N–H and O–H groups in total. The first-order chi connectivity index (χ1) is 18.5. The zero-order chi connectivity index (χ0) is 26.5. The van der Waals surface area contributed by atoms with Gasteiger partial charge in [-0.2, -0.15) is 0 Å². The van der Waals surface area contributed by atoms with Gasteiger partial charge in [0.25, 0.3) is 0 Å². The molecule has 11 heteroatoms. The highest BCUT2D eigenvalue weighted by Gasteiger charge is 2.26. The molecule has 202 valence electrons. The lowest BCUT2D eigenvalue weighted by molar-refractivity contribution is 0.0625. The van der Waals surface area contributed by atoms with Crippen LogP contribution in [0.5, 0.6) is 11.5 Å². The van der Waals surface area contributed by atoms with Crippen molar-refractivity contribution < 1.29 is 23.4 Å². The van der Waals surface area contributed by atoms with Gasteiger partial charge in [-0.15, -0.1) is 0 Å². The van der Waals surface area contributed by atoms with Crippen molar-refractivity contribution in [2.45, 2.75) is 31.8 Å². The van der Waals surface area contributed by atoms with Crippen LogP contribution in [0.25, 0.3) is 10.9 Å². The lowest BCUT2D eigenvalue weighted by Crippen LogP contribution is -2.42. The van der Waals surface area contributed by atoms with Gasteiger partial charge in [-0.05, 0) is 44.1 Å². The Morgan fingerprint density at radius 2 is 1.92 bits per heavy atom. The number of carbonyl (C=O) groups excluding carboxylic acids is 1. The number of hydrogen-bond donors (Lipinski definition) is 1. The second-order valence-corrected chi connectivity index (χ2v) is 9.84. The van der Waals surface area contributed by atoms with Crippen molar-refractivity contribution in [3.05, 3.63) is 47.5 Å². The third-order valence-corrected chi connectivity index (χ3v) is 7.24. The topological polar surface area (TPSA) is 89.1 Å². The van der Waals surface area contributed by atoms with Crippen LogP contribution in [0.3, 0.4) is 0 Å². The highest BCUT2D eigenvalue weighted by Crippen LogP contribution is 2.36. The van der Waals surface area contributed by atoms with E-state index in [4.69, 9.17) is 25.8 Å². The largest absolute Gasteiger partial charge is 0.493 e. The molecule has 9 nitrogen and oxygen atoms in total. The Bertz CT molecular complexity index is 1280. The average Bonchev–Trinajstić information content (AvgIpc) is 3.45. The number of rotatable bonds is 8. The van der Waals surface area contributed by atoms with Gasteiger partial charge in [0.2, 0.25) is 0 Å². The summed E-state index contributed by atoms with van der Waals surface area (Å²) in [5, 5.41) is 3.66. The SMILES string of the molecule is COc1cc2ncnc(Nc3cccc(Cl)c3F)c2cc1OC1CCN(C(=O)OCCN2CCCC2)CC1. The van der Waals surface area contributed by atoms with Crippen molar-refractivity contribution in [2.75, 3.05) is 51.8 Å². The lowest BCUT2D eigenvalue weighted by atomic mass is 10.1. The van der Waals surface area contributed by atoms with Gasteiger partial charge in [-0.25, -0.2) is 19.2 Å². The van der Waals surface area contributed by atoms with Gasteiger partial charge in [0.15, 0.2) is 17.3 Å². The van der Waals surface area contributed by atoms with Gasteiger partial charge in [-0.1, -0.05) is 17.7 Å². The summed E-state index contributed by atoms with van der Waals surface area (Å²) in [6.07, 6.45) is 4.77. The van der Waals surface area contributed by atoms with Crippen LogP contribution in [0.15, 0.2) is 36.7 Å². The Kier molecular flexibility index (Phi) is 8.29. The van der Waals surface area contributed by atoms with Crippen molar-refractivity contribution in [3.8, 4) is 11.5 Å². The molecule has 5 rings (SSSR count). The van der Waals surface area contributed by atoms with E-state index >= 15 is 0 Å². The van der Waals surface area contributed by atoms with E-state index in [0.717, 1.165) is 19.6 Å². The van der Waals surface area contributed by atoms with Crippen LogP contribution in [-0.2, 0) is 4.74 Å². The minimum Gasteiger partial charge on any atom is -0.493 e. The van der Waals surface area contributed by atoms with E-state index in [0.29, 0.717) is 60.8 Å². The number of aromatic nitrogens is 2. The van der Waals surface area contributed by atoms with Gasteiger partial charge < -0.3 is 24.4 Å². The van der Waals surface area contributed by atoms with Crippen LogP contribution in [0.2, 0.25) is 5.02 Å². The van der Waals surface area contributed by atoms with E-state index in [9.17, 15) is 9.18 Å². The summed E-state index contributed by atoms with van der Waals surface area (Å²) < 4.78 is 31.9. The van der Waals surface area contributed by atoms with Crippen LogP contribution in [-0.4, -0.2) is 78.4 Å². The first-order valence-electron chi connectivity index (χ1n) is 12.9. The fraction of sp³-hybridized carbons (Fsp3) is 0.444. The van der Waals surface area contributed by atoms with Crippen molar-refractivity contribution in [1.82, 2.24) is 19.8 Å². The highest BCUT2D eigenvalue weighted by atomic mass is 35.5. The van der Waals surface area contributed by atoms with E-state index < -0.39 is 5.82 Å². The minimum atomic E-state index is -0.563. The normalized spacial score (nSPS) is 16.6. The second-order valence-electron chi connectivity index (χ2n) is 9.44. The number of piperidine rings is 1. The smallest absolute Gasteiger partial charge is 0.409 e. The summed E-state index contributed by atoms with van der Waals surface area (Å²) in [7, 11) is 1.57. The number of nitrogens with one attached hydrogen (secondary N) is 1. The van der Waals surface area contributed by atoms with E-state index in [1.54, 1.807) is 36.3 Å². The Labute approximate surface area is 225 Å². The van der Waals surface area contributed by atoms with Crippen molar-refractivity contribution in [1.29, 1.82) is 0 Å². The molecule has 0 unspecified atom stereocenters. The molecular formula is C27H31ClFN5O4. The number of methoxy groups -OCH3 is 1. The number of halogens is 2. The molecule has 0 radical (unpaired) electrons. The predicted octanol–water partition coefficient (Wildman–Crippen LogP) is 5.25.